The Morgan fingerprint density at radius 3 is 2.58 bits per heavy atom. The quantitative estimate of drug-likeness (QED) is 0.540. The van der Waals surface area contributed by atoms with Crippen molar-refractivity contribution in [1.29, 1.82) is 0 Å². The summed E-state index contributed by atoms with van der Waals surface area (Å²) in [5.74, 6) is 0.804. The van der Waals surface area contributed by atoms with Crippen LogP contribution in [0.5, 0.6) is 0 Å². The molecule has 1 aliphatic carbocycles. The summed E-state index contributed by atoms with van der Waals surface area (Å²) in [6, 6.07) is 0. The van der Waals surface area contributed by atoms with Crippen molar-refractivity contribution in [2.24, 2.45) is 11.3 Å². The highest BCUT2D eigenvalue weighted by Gasteiger charge is 2.50. The summed E-state index contributed by atoms with van der Waals surface area (Å²) in [4.78, 5) is 0. The molecule has 2 fully saturated rings. The zero-order valence-corrected chi connectivity index (χ0v) is 8.52. The summed E-state index contributed by atoms with van der Waals surface area (Å²) in [5.41, 5.74) is 0.741. The average molecular weight is 168 g/mol. The molecule has 0 bridgehead atoms. The highest BCUT2D eigenvalue weighted by molar-refractivity contribution is 4.99. The molecule has 1 saturated heterocycles. The van der Waals surface area contributed by atoms with Gasteiger partial charge < -0.3 is 4.74 Å². The molecule has 0 amide bonds. The van der Waals surface area contributed by atoms with Crippen molar-refractivity contribution >= 4 is 0 Å². The Morgan fingerprint density at radius 1 is 1.17 bits per heavy atom. The first-order chi connectivity index (χ1) is 5.55. The van der Waals surface area contributed by atoms with Gasteiger partial charge in [0.15, 0.2) is 0 Å². The minimum atomic E-state index is 0.224. The molecular formula is C11H20O. The van der Waals surface area contributed by atoms with Crippen LogP contribution in [0.25, 0.3) is 0 Å². The molecule has 70 valence electrons. The Morgan fingerprint density at radius 2 is 1.92 bits per heavy atom. The third-order valence-electron chi connectivity index (χ3n) is 4.01. The summed E-state index contributed by atoms with van der Waals surface area (Å²) >= 11 is 0. The number of ether oxygens (including phenoxy) is 1. The van der Waals surface area contributed by atoms with Gasteiger partial charge in [-0.2, -0.15) is 0 Å². The van der Waals surface area contributed by atoms with Crippen molar-refractivity contribution in [2.45, 2.75) is 52.1 Å². The summed E-state index contributed by atoms with van der Waals surface area (Å²) < 4.78 is 5.88. The van der Waals surface area contributed by atoms with Crippen molar-refractivity contribution < 1.29 is 4.74 Å². The van der Waals surface area contributed by atoms with Crippen molar-refractivity contribution in [1.82, 2.24) is 0 Å². The first-order valence-electron chi connectivity index (χ1n) is 5.19. The van der Waals surface area contributed by atoms with E-state index in [0.29, 0.717) is 5.41 Å². The highest BCUT2D eigenvalue weighted by Crippen LogP contribution is 2.52. The van der Waals surface area contributed by atoms with Gasteiger partial charge >= 0.3 is 0 Å². The number of fused-ring (bicyclic) bond motifs is 1. The minimum absolute atomic E-state index is 0.224. The Balaban J connectivity index is 2.24. The van der Waals surface area contributed by atoms with Gasteiger partial charge in [-0.3, -0.25) is 0 Å². The largest absolute Gasteiger partial charge is 0.375 e. The minimum Gasteiger partial charge on any atom is -0.375 e. The first kappa shape index (κ1) is 8.55. The van der Waals surface area contributed by atoms with Gasteiger partial charge in [0.2, 0.25) is 0 Å². The number of hydrogen-bond donors (Lipinski definition) is 0. The van der Waals surface area contributed by atoms with Crippen LogP contribution in [0.2, 0.25) is 0 Å². The fourth-order valence-electron chi connectivity index (χ4n) is 3.35. The third-order valence-corrected chi connectivity index (χ3v) is 4.01. The topological polar surface area (TPSA) is 9.23 Å². The van der Waals surface area contributed by atoms with Crippen LogP contribution in [-0.4, -0.2) is 12.2 Å². The van der Waals surface area contributed by atoms with E-state index in [9.17, 15) is 0 Å². The van der Waals surface area contributed by atoms with Crippen LogP contribution in [-0.2, 0) is 4.74 Å². The van der Waals surface area contributed by atoms with Gasteiger partial charge in [0.05, 0.1) is 5.60 Å². The normalized spacial score (nSPS) is 45.8. The fraction of sp³-hybridized carbons (Fsp3) is 1.00. The number of hydrogen-bond acceptors (Lipinski definition) is 1. The standard InChI is InChI=1S/C11H20O/c1-10(2)6-4-7-11(3)9(10)5-8-12-11/h9H,4-8H2,1-3H3/t9-,11-/m1/s1. The predicted octanol–water partition coefficient (Wildman–Crippen LogP) is 2.99. The maximum atomic E-state index is 5.88. The summed E-state index contributed by atoms with van der Waals surface area (Å²) in [7, 11) is 0. The molecule has 0 N–H and O–H groups in total. The molecule has 2 aliphatic rings. The van der Waals surface area contributed by atoms with E-state index in [1.165, 1.54) is 25.7 Å². The van der Waals surface area contributed by atoms with Crippen LogP contribution in [0, 0.1) is 11.3 Å². The second-order valence-corrected chi connectivity index (χ2v) is 5.34. The molecule has 1 heterocycles. The Hall–Kier alpha value is -0.0400. The summed E-state index contributed by atoms with van der Waals surface area (Å²) in [6.45, 7) is 8.11. The molecule has 12 heavy (non-hydrogen) atoms. The van der Waals surface area contributed by atoms with E-state index in [0.717, 1.165) is 12.5 Å². The van der Waals surface area contributed by atoms with Crippen LogP contribution in [0.1, 0.15) is 46.5 Å². The maximum absolute atomic E-state index is 5.88. The van der Waals surface area contributed by atoms with Crippen molar-refractivity contribution in [3.63, 3.8) is 0 Å². The van der Waals surface area contributed by atoms with Crippen LogP contribution in [0.4, 0.5) is 0 Å². The molecule has 1 nitrogen and oxygen atoms in total. The van der Waals surface area contributed by atoms with Gasteiger partial charge in [-0.15, -0.1) is 0 Å². The van der Waals surface area contributed by atoms with Crippen molar-refractivity contribution in [3.8, 4) is 0 Å². The second kappa shape index (κ2) is 2.47. The first-order valence-corrected chi connectivity index (χ1v) is 5.19. The van der Waals surface area contributed by atoms with E-state index in [1.807, 2.05) is 0 Å². The molecule has 2 atom stereocenters. The summed E-state index contributed by atoms with van der Waals surface area (Å²) in [5, 5.41) is 0. The van der Waals surface area contributed by atoms with Gasteiger partial charge in [0.1, 0.15) is 0 Å². The van der Waals surface area contributed by atoms with Crippen LogP contribution >= 0.6 is 0 Å². The maximum Gasteiger partial charge on any atom is 0.0688 e. The van der Waals surface area contributed by atoms with Crippen LogP contribution in [0.3, 0.4) is 0 Å². The van der Waals surface area contributed by atoms with Gasteiger partial charge in [-0.25, -0.2) is 0 Å². The molecule has 1 saturated carbocycles. The van der Waals surface area contributed by atoms with E-state index >= 15 is 0 Å². The smallest absolute Gasteiger partial charge is 0.0688 e. The van der Waals surface area contributed by atoms with Gasteiger partial charge in [0.25, 0.3) is 0 Å². The van der Waals surface area contributed by atoms with Crippen LogP contribution < -0.4 is 0 Å². The molecule has 0 radical (unpaired) electrons. The van der Waals surface area contributed by atoms with E-state index in [4.69, 9.17) is 4.74 Å². The number of rotatable bonds is 0. The van der Waals surface area contributed by atoms with Crippen molar-refractivity contribution in [3.05, 3.63) is 0 Å². The lowest BCUT2D eigenvalue weighted by molar-refractivity contribution is -0.0698. The SMILES string of the molecule is CC1(C)CCC[C@@]2(C)OCC[C@H]12. The van der Waals surface area contributed by atoms with Crippen molar-refractivity contribution in [2.75, 3.05) is 6.61 Å². The molecule has 0 aromatic heterocycles. The van der Waals surface area contributed by atoms with Crippen LogP contribution in [0.15, 0.2) is 0 Å². The zero-order valence-electron chi connectivity index (χ0n) is 8.52. The molecule has 0 unspecified atom stereocenters. The molecule has 0 spiro atoms. The van der Waals surface area contributed by atoms with E-state index in [-0.39, 0.29) is 5.60 Å². The van der Waals surface area contributed by atoms with E-state index in [1.54, 1.807) is 0 Å². The second-order valence-electron chi connectivity index (χ2n) is 5.34. The highest BCUT2D eigenvalue weighted by atomic mass is 16.5. The Kier molecular flexibility index (Phi) is 1.76. The Bertz CT molecular complexity index is 185. The molecule has 0 aromatic rings. The third kappa shape index (κ3) is 1.10. The average Bonchev–Trinajstić information content (AvgIpc) is 2.31. The predicted molar refractivity (Wildman–Crippen MR) is 50.1 cm³/mol. The molecule has 0 aromatic carbocycles. The Labute approximate surface area is 75.5 Å². The molecular weight excluding hydrogens is 148 g/mol. The molecule has 2 rings (SSSR count). The monoisotopic (exact) mass is 168 g/mol. The lowest BCUT2D eigenvalue weighted by Gasteiger charge is -2.45. The van der Waals surface area contributed by atoms with Gasteiger partial charge in [0, 0.05) is 6.61 Å². The molecule has 1 heteroatoms. The van der Waals surface area contributed by atoms with E-state index in [2.05, 4.69) is 20.8 Å². The van der Waals surface area contributed by atoms with Gasteiger partial charge in [-0.05, 0) is 37.5 Å². The fourth-order valence-corrected chi connectivity index (χ4v) is 3.35. The lowest BCUT2D eigenvalue weighted by Crippen LogP contribution is -2.44. The van der Waals surface area contributed by atoms with E-state index < -0.39 is 0 Å². The lowest BCUT2D eigenvalue weighted by atomic mass is 9.62. The molecule has 1 aliphatic heterocycles. The summed E-state index contributed by atoms with van der Waals surface area (Å²) in [6.07, 6.45) is 5.29. The van der Waals surface area contributed by atoms with Gasteiger partial charge in [-0.1, -0.05) is 20.3 Å². The zero-order chi connectivity index (χ0) is 8.82.